The number of amides is 1. The molecule has 0 aliphatic carbocycles. The fraction of sp³-hybridized carbons (Fsp3) is 0.348. The van der Waals surface area contributed by atoms with E-state index in [4.69, 9.17) is 12.2 Å². The van der Waals surface area contributed by atoms with Gasteiger partial charge in [0.05, 0.1) is 0 Å². The molecule has 29 heavy (non-hydrogen) atoms. The van der Waals surface area contributed by atoms with Crippen LogP contribution in [0.25, 0.3) is 11.4 Å². The van der Waals surface area contributed by atoms with Crippen molar-refractivity contribution in [2.45, 2.75) is 46.6 Å². The minimum absolute atomic E-state index is 0.0311. The van der Waals surface area contributed by atoms with Crippen LogP contribution in [0.4, 0.5) is 0 Å². The van der Waals surface area contributed by atoms with Gasteiger partial charge >= 0.3 is 0 Å². The second-order valence-corrected chi connectivity index (χ2v) is 7.89. The Balaban J connectivity index is 1.49. The van der Waals surface area contributed by atoms with E-state index in [0.717, 1.165) is 24.2 Å². The molecule has 0 saturated carbocycles. The monoisotopic (exact) mass is 408 g/mol. The van der Waals surface area contributed by atoms with Gasteiger partial charge in [-0.05, 0) is 57.0 Å². The summed E-state index contributed by atoms with van der Waals surface area (Å²) in [5.74, 6) is 0.793. The maximum Gasteiger partial charge on any atom is 0.221 e. The van der Waals surface area contributed by atoms with Crippen LogP contribution >= 0.6 is 12.2 Å². The number of H-pyrrole nitrogens is 1. The van der Waals surface area contributed by atoms with E-state index >= 15 is 0 Å². The molecule has 0 aliphatic rings. The van der Waals surface area contributed by atoms with Crippen LogP contribution in [-0.2, 0) is 17.8 Å². The molecule has 0 radical (unpaired) electrons. The van der Waals surface area contributed by atoms with Crippen molar-refractivity contribution in [3.8, 4) is 11.4 Å². The summed E-state index contributed by atoms with van der Waals surface area (Å²) in [6, 6.07) is 14.6. The van der Waals surface area contributed by atoms with Gasteiger partial charge in [0.1, 0.15) is 0 Å². The largest absolute Gasteiger partial charge is 0.356 e. The molecular formula is C23H28N4OS. The van der Waals surface area contributed by atoms with Gasteiger partial charge in [-0.15, -0.1) is 0 Å². The summed E-state index contributed by atoms with van der Waals surface area (Å²) in [7, 11) is 0. The van der Waals surface area contributed by atoms with Gasteiger partial charge in [0.25, 0.3) is 0 Å². The number of benzene rings is 2. The summed E-state index contributed by atoms with van der Waals surface area (Å²) in [5.41, 5.74) is 6.11. The summed E-state index contributed by atoms with van der Waals surface area (Å²) in [6.45, 7) is 7.47. The molecule has 0 spiro atoms. The maximum absolute atomic E-state index is 12.3. The number of carbonyl (C=O) groups excluding carboxylic acids is 1. The molecule has 0 fully saturated rings. The molecule has 1 amide bonds. The lowest BCUT2D eigenvalue weighted by atomic mass is 10.0. The first-order valence-electron chi connectivity index (χ1n) is 9.99. The van der Waals surface area contributed by atoms with E-state index in [0.29, 0.717) is 24.3 Å². The van der Waals surface area contributed by atoms with E-state index in [1.165, 1.54) is 22.3 Å². The number of aryl methyl sites for hydroxylation is 4. The second-order valence-electron chi connectivity index (χ2n) is 7.50. The Morgan fingerprint density at radius 2 is 1.83 bits per heavy atom. The van der Waals surface area contributed by atoms with Gasteiger partial charge in [-0.25, -0.2) is 0 Å². The second kappa shape index (κ2) is 9.65. The molecule has 0 unspecified atom stereocenters. The number of aromatic amines is 1. The maximum atomic E-state index is 12.3. The molecule has 1 aromatic heterocycles. The number of carbonyl (C=O) groups is 1. The van der Waals surface area contributed by atoms with Gasteiger partial charge in [0.2, 0.25) is 5.91 Å². The van der Waals surface area contributed by atoms with Crippen molar-refractivity contribution in [1.29, 1.82) is 0 Å². The van der Waals surface area contributed by atoms with E-state index in [2.05, 4.69) is 47.6 Å². The first-order valence-corrected chi connectivity index (χ1v) is 10.4. The predicted octanol–water partition coefficient (Wildman–Crippen LogP) is 4.67. The topological polar surface area (TPSA) is 62.7 Å². The molecule has 0 aliphatic heterocycles. The molecule has 0 atom stereocenters. The van der Waals surface area contributed by atoms with E-state index in [9.17, 15) is 4.79 Å². The van der Waals surface area contributed by atoms with Gasteiger partial charge in [0.15, 0.2) is 10.6 Å². The van der Waals surface area contributed by atoms with Gasteiger partial charge in [-0.2, -0.15) is 5.10 Å². The molecular weight excluding hydrogens is 380 g/mol. The number of nitrogens with one attached hydrogen (secondary N) is 2. The summed E-state index contributed by atoms with van der Waals surface area (Å²) >= 11 is 5.35. The SMILES string of the molecule is Cc1ccc(-c2n[nH]c(=S)n2CCC(=O)NCCCc2ccc(C)cc2C)cc1. The molecule has 6 heteroatoms. The van der Waals surface area contributed by atoms with Crippen LogP contribution in [0.3, 0.4) is 0 Å². The summed E-state index contributed by atoms with van der Waals surface area (Å²) in [4.78, 5) is 12.3. The zero-order valence-corrected chi connectivity index (χ0v) is 18.1. The van der Waals surface area contributed by atoms with Gasteiger partial charge in [0, 0.05) is 25.1 Å². The molecule has 2 aromatic carbocycles. The third-order valence-corrected chi connectivity index (χ3v) is 5.39. The van der Waals surface area contributed by atoms with Crippen molar-refractivity contribution in [1.82, 2.24) is 20.1 Å². The predicted molar refractivity (Wildman–Crippen MR) is 119 cm³/mol. The number of nitrogens with zero attached hydrogens (tertiary/aromatic N) is 2. The molecule has 5 nitrogen and oxygen atoms in total. The third kappa shape index (κ3) is 5.64. The normalized spacial score (nSPS) is 10.9. The quantitative estimate of drug-likeness (QED) is 0.420. The molecule has 0 bridgehead atoms. The van der Waals surface area contributed by atoms with Crippen LogP contribution in [0.1, 0.15) is 35.1 Å². The average molecular weight is 409 g/mol. The summed E-state index contributed by atoms with van der Waals surface area (Å²) < 4.78 is 2.41. The van der Waals surface area contributed by atoms with E-state index < -0.39 is 0 Å². The standard InChI is InChI=1S/C23H28N4OS/c1-16-6-10-20(11-7-16)22-25-26-23(29)27(22)14-12-21(28)24-13-4-5-19-9-8-17(2)15-18(19)3/h6-11,15H,4-5,12-14H2,1-3H3,(H,24,28)(H,26,29). The third-order valence-electron chi connectivity index (χ3n) is 5.07. The van der Waals surface area contributed by atoms with Crippen molar-refractivity contribution in [3.05, 3.63) is 69.5 Å². The molecule has 3 aromatic rings. The van der Waals surface area contributed by atoms with Crippen molar-refractivity contribution >= 4 is 18.1 Å². The van der Waals surface area contributed by atoms with Crippen LogP contribution < -0.4 is 5.32 Å². The van der Waals surface area contributed by atoms with Gasteiger partial charge in [-0.1, -0.05) is 53.6 Å². The Morgan fingerprint density at radius 1 is 1.10 bits per heavy atom. The van der Waals surface area contributed by atoms with Crippen LogP contribution in [-0.4, -0.2) is 27.2 Å². The van der Waals surface area contributed by atoms with Crippen LogP contribution in [0.5, 0.6) is 0 Å². The Labute approximate surface area is 177 Å². The number of hydrogen-bond acceptors (Lipinski definition) is 3. The van der Waals surface area contributed by atoms with Gasteiger partial charge < -0.3 is 5.32 Å². The molecule has 3 rings (SSSR count). The van der Waals surface area contributed by atoms with Crippen LogP contribution in [0, 0.1) is 25.5 Å². The molecule has 1 heterocycles. The van der Waals surface area contributed by atoms with E-state index in [1.807, 2.05) is 35.8 Å². The van der Waals surface area contributed by atoms with E-state index in [1.54, 1.807) is 0 Å². The molecule has 0 saturated heterocycles. The smallest absolute Gasteiger partial charge is 0.221 e. The minimum atomic E-state index is 0.0311. The number of aromatic nitrogens is 3. The number of rotatable bonds is 8. The minimum Gasteiger partial charge on any atom is -0.356 e. The Kier molecular flexibility index (Phi) is 6.99. The molecule has 152 valence electrons. The van der Waals surface area contributed by atoms with Crippen LogP contribution in [0.2, 0.25) is 0 Å². The Hall–Kier alpha value is -2.73. The lowest BCUT2D eigenvalue weighted by molar-refractivity contribution is -0.121. The van der Waals surface area contributed by atoms with Crippen molar-refractivity contribution < 1.29 is 4.79 Å². The summed E-state index contributed by atoms with van der Waals surface area (Å²) in [5, 5.41) is 10.2. The van der Waals surface area contributed by atoms with Crippen molar-refractivity contribution in [2.75, 3.05) is 6.54 Å². The number of hydrogen-bond donors (Lipinski definition) is 2. The zero-order chi connectivity index (χ0) is 20.8. The Morgan fingerprint density at radius 3 is 2.55 bits per heavy atom. The zero-order valence-electron chi connectivity index (χ0n) is 17.3. The highest BCUT2D eigenvalue weighted by Gasteiger charge is 2.10. The summed E-state index contributed by atoms with van der Waals surface area (Å²) in [6.07, 6.45) is 2.27. The Bertz CT molecular complexity index is 1030. The lowest BCUT2D eigenvalue weighted by Gasteiger charge is -2.09. The highest BCUT2D eigenvalue weighted by Crippen LogP contribution is 2.18. The van der Waals surface area contributed by atoms with E-state index in [-0.39, 0.29) is 5.91 Å². The first-order chi connectivity index (χ1) is 13.9. The highest BCUT2D eigenvalue weighted by atomic mass is 32.1. The van der Waals surface area contributed by atoms with Gasteiger partial charge in [-0.3, -0.25) is 14.5 Å². The van der Waals surface area contributed by atoms with Crippen molar-refractivity contribution in [3.63, 3.8) is 0 Å². The lowest BCUT2D eigenvalue weighted by Crippen LogP contribution is -2.26. The molecule has 2 N–H and O–H groups in total. The first kappa shape index (κ1) is 21.0. The van der Waals surface area contributed by atoms with Crippen molar-refractivity contribution in [2.24, 2.45) is 0 Å². The fourth-order valence-electron chi connectivity index (χ4n) is 3.38. The average Bonchev–Trinajstić information content (AvgIpc) is 3.06. The van der Waals surface area contributed by atoms with Crippen LogP contribution in [0.15, 0.2) is 42.5 Å². The fourth-order valence-corrected chi connectivity index (χ4v) is 3.61. The highest BCUT2D eigenvalue weighted by molar-refractivity contribution is 7.71.